The predicted molar refractivity (Wildman–Crippen MR) is 58.4 cm³/mol. The largest absolute Gasteiger partial charge is 0.377 e. The summed E-state index contributed by atoms with van der Waals surface area (Å²) in [5.41, 5.74) is 3.71. The molecule has 1 N–H and O–H groups in total. The number of benzene rings is 1. The van der Waals surface area contributed by atoms with Gasteiger partial charge in [0.05, 0.1) is 6.61 Å². The minimum atomic E-state index is 0.694. The van der Waals surface area contributed by atoms with Crippen LogP contribution in [0.5, 0.6) is 0 Å². The molecule has 0 saturated carbocycles. The Kier molecular flexibility index (Phi) is 2.55. The van der Waals surface area contributed by atoms with Gasteiger partial charge in [-0.25, -0.2) is 0 Å². The molecular weight excluding hydrogens is 174 g/mol. The SMILES string of the molecule is CCOCc1c[nH]c2cc(C)ccc12. The van der Waals surface area contributed by atoms with Crippen molar-refractivity contribution in [2.75, 3.05) is 6.61 Å². The molecule has 0 saturated heterocycles. The lowest BCUT2D eigenvalue weighted by Gasteiger charge is -1.99. The number of aromatic amines is 1. The van der Waals surface area contributed by atoms with Crippen molar-refractivity contribution in [3.05, 3.63) is 35.5 Å². The van der Waals surface area contributed by atoms with Gasteiger partial charge in [-0.15, -0.1) is 0 Å². The molecule has 0 fully saturated rings. The van der Waals surface area contributed by atoms with Crippen LogP contribution >= 0.6 is 0 Å². The Balaban J connectivity index is 2.37. The lowest BCUT2D eigenvalue weighted by atomic mass is 10.1. The molecule has 0 bridgehead atoms. The molecule has 14 heavy (non-hydrogen) atoms. The number of aryl methyl sites for hydroxylation is 1. The molecule has 2 heteroatoms. The first-order chi connectivity index (χ1) is 6.81. The summed E-state index contributed by atoms with van der Waals surface area (Å²) in [5, 5.41) is 1.27. The van der Waals surface area contributed by atoms with Gasteiger partial charge in [0.2, 0.25) is 0 Å². The second-order valence-electron chi connectivity index (χ2n) is 3.50. The van der Waals surface area contributed by atoms with Gasteiger partial charge in [-0.3, -0.25) is 0 Å². The summed E-state index contributed by atoms with van der Waals surface area (Å²) in [7, 11) is 0. The van der Waals surface area contributed by atoms with E-state index < -0.39 is 0 Å². The molecule has 0 spiro atoms. The Hall–Kier alpha value is -1.28. The van der Waals surface area contributed by atoms with Gasteiger partial charge in [-0.05, 0) is 25.5 Å². The zero-order valence-electron chi connectivity index (χ0n) is 8.63. The first-order valence-corrected chi connectivity index (χ1v) is 4.95. The van der Waals surface area contributed by atoms with E-state index in [2.05, 4.69) is 30.1 Å². The van der Waals surface area contributed by atoms with Crippen molar-refractivity contribution in [2.45, 2.75) is 20.5 Å². The van der Waals surface area contributed by atoms with E-state index in [0.29, 0.717) is 6.61 Å². The topological polar surface area (TPSA) is 25.0 Å². The van der Waals surface area contributed by atoms with Crippen LogP contribution in [-0.4, -0.2) is 11.6 Å². The van der Waals surface area contributed by atoms with Crippen molar-refractivity contribution >= 4 is 10.9 Å². The number of aromatic nitrogens is 1. The fourth-order valence-electron chi connectivity index (χ4n) is 1.63. The molecular formula is C12H15NO. The van der Waals surface area contributed by atoms with Crippen LogP contribution in [0.15, 0.2) is 24.4 Å². The van der Waals surface area contributed by atoms with E-state index in [1.165, 1.54) is 22.0 Å². The van der Waals surface area contributed by atoms with Gasteiger partial charge in [-0.2, -0.15) is 0 Å². The van der Waals surface area contributed by atoms with Crippen LogP contribution in [0.2, 0.25) is 0 Å². The predicted octanol–water partition coefficient (Wildman–Crippen LogP) is 3.01. The smallest absolute Gasteiger partial charge is 0.0737 e. The molecule has 1 aromatic carbocycles. The van der Waals surface area contributed by atoms with Gasteiger partial charge in [0.25, 0.3) is 0 Å². The van der Waals surface area contributed by atoms with Gasteiger partial charge in [0.1, 0.15) is 0 Å². The van der Waals surface area contributed by atoms with E-state index in [1.54, 1.807) is 0 Å². The highest BCUT2D eigenvalue weighted by atomic mass is 16.5. The zero-order valence-corrected chi connectivity index (χ0v) is 8.63. The molecule has 0 unspecified atom stereocenters. The maximum absolute atomic E-state index is 5.40. The third-order valence-electron chi connectivity index (χ3n) is 2.38. The Bertz CT molecular complexity index is 431. The quantitative estimate of drug-likeness (QED) is 0.788. The maximum Gasteiger partial charge on any atom is 0.0737 e. The summed E-state index contributed by atoms with van der Waals surface area (Å²) >= 11 is 0. The summed E-state index contributed by atoms with van der Waals surface area (Å²) in [4.78, 5) is 3.26. The van der Waals surface area contributed by atoms with Crippen molar-refractivity contribution in [2.24, 2.45) is 0 Å². The lowest BCUT2D eigenvalue weighted by Crippen LogP contribution is -1.89. The molecule has 74 valence electrons. The number of H-pyrrole nitrogens is 1. The second kappa shape index (κ2) is 3.84. The molecule has 1 heterocycles. The van der Waals surface area contributed by atoms with Crippen molar-refractivity contribution in [1.29, 1.82) is 0 Å². The number of rotatable bonds is 3. The number of hydrogen-bond acceptors (Lipinski definition) is 1. The molecule has 0 radical (unpaired) electrons. The van der Waals surface area contributed by atoms with E-state index in [4.69, 9.17) is 4.74 Å². The van der Waals surface area contributed by atoms with Gasteiger partial charge < -0.3 is 9.72 Å². The van der Waals surface area contributed by atoms with Gasteiger partial charge in [0.15, 0.2) is 0 Å². The molecule has 0 atom stereocenters. The summed E-state index contributed by atoms with van der Waals surface area (Å²) < 4.78 is 5.40. The molecule has 0 aliphatic carbocycles. The van der Waals surface area contributed by atoms with Crippen LogP contribution in [0.4, 0.5) is 0 Å². The van der Waals surface area contributed by atoms with E-state index in [-0.39, 0.29) is 0 Å². The fraction of sp³-hybridized carbons (Fsp3) is 0.333. The molecule has 0 amide bonds. The lowest BCUT2D eigenvalue weighted by molar-refractivity contribution is 0.135. The molecule has 2 rings (SSSR count). The van der Waals surface area contributed by atoms with Gasteiger partial charge in [0, 0.05) is 29.3 Å². The fourth-order valence-corrected chi connectivity index (χ4v) is 1.63. The summed E-state index contributed by atoms with van der Waals surface area (Å²) in [6.07, 6.45) is 2.03. The van der Waals surface area contributed by atoms with E-state index in [1.807, 2.05) is 13.1 Å². The number of fused-ring (bicyclic) bond motifs is 1. The monoisotopic (exact) mass is 189 g/mol. The summed E-state index contributed by atoms with van der Waals surface area (Å²) in [6.45, 7) is 5.57. The minimum Gasteiger partial charge on any atom is -0.377 e. The second-order valence-corrected chi connectivity index (χ2v) is 3.50. The van der Waals surface area contributed by atoms with Crippen LogP contribution in [0.1, 0.15) is 18.1 Å². The third-order valence-corrected chi connectivity index (χ3v) is 2.38. The third kappa shape index (κ3) is 1.66. The number of nitrogens with one attached hydrogen (secondary N) is 1. The average Bonchev–Trinajstić information content (AvgIpc) is 2.57. The number of hydrogen-bond donors (Lipinski definition) is 1. The van der Waals surface area contributed by atoms with E-state index in [9.17, 15) is 0 Å². The molecule has 0 aliphatic rings. The highest BCUT2D eigenvalue weighted by Gasteiger charge is 2.02. The first kappa shape index (κ1) is 9.28. The zero-order chi connectivity index (χ0) is 9.97. The van der Waals surface area contributed by atoms with Crippen molar-refractivity contribution in [3.8, 4) is 0 Å². The van der Waals surface area contributed by atoms with Crippen LogP contribution in [0.25, 0.3) is 10.9 Å². The average molecular weight is 189 g/mol. The van der Waals surface area contributed by atoms with Gasteiger partial charge >= 0.3 is 0 Å². The molecule has 2 nitrogen and oxygen atoms in total. The van der Waals surface area contributed by atoms with Gasteiger partial charge in [-0.1, -0.05) is 12.1 Å². The van der Waals surface area contributed by atoms with E-state index >= 15 is 0 Å². The normalized spacial score (nSPS) is 11.0. The van der Waals surface area contributed by atoms with Crippen LogP contribution in [-0.2, 0) is 11.3 Å². The number of ether oxygens (including phenoxy) is 1. The highest BCUT2D eigenvalue weighted by Crippen LogP contribution is 2.19. The summed E-state index contributed by atoms with van der Waals surface area (Å²) in [6, 6.07) is 6.44. The van der Waals surface area contributed by atoms with Crippen molar-refractivity contribution in [1.82, 2.24) is 4.98 Å². The standard InChI is InChI=1S/C12H15NO/c1-3-14-8-10-7-13-12-6-9(2)4-5-11(10)12/h4-7,13H,3,8H2,1-2H3. The Morgan fingerprint density at radius 3 is 3.00 bits per heavy atom. The molecule has 1 aromatic heterocycles. The minimum absolute atomic E-state index is 0.694. The maximum atomic E-state index is 5.40. The Morgan fingerprint density at radius 1 is 1.36 bits per heavy atom. The summed E-state index contributed by atoms with van der Waals surface area (Å²) in [5.74, 6) is 0. The van der Waals surface area contributed by atoms with Crippen molar-refractivity contribution in [3.63, 3.8) is 0 Å². The Morgan fingerprint density at radius 2 is 2.21 bits per heavy atom. The first-order valence-electron chi connectivity index (χ1n) is 4.95. The van der Waals surface area contributed by atoms with Crippen LogP contribution in [0.3, 0.4) is 0 Å². The highest BCUT2D eigenvalue weighted by molar-refractivity contribution is 5.83. The molecule has 2 aromatic rings. The van der Waals surface area contributed by atoms with Crippen LogP contribution < -0.4 is 0 Å². The molecule has 0 aliphatic heterocycles. The van der Waals surface area contributed by atoms with E-state index in [0.717, 1.165) is 6.61 Å². The van der Waals surface area contributed by atoms with Crippen molar-refractivity contribution < 1.29 is 4.74 Å². The Labute approximate surface area is 83.9 Å². The van der Waals surface area contributed by atoms with Crippen LogP contribution in [0, 0.1) is 6.92 Å².